The second kappa shape index (κ2) is 7.66. The molecule has 4 heteroatoms. The lowest BCUT2D eigenvalue weighted by molar-refractivity contribution is 0.271. The number of nitrogens with one attached hydrogen (secondary N) is 1. The highest BCUT2D eigenvalue weighted by atomic mass is 35.5. The third kappa shape index (κ3) is 4.90. The molecular formula is C7H11Cl2NO. The van der Waals surface area contributed by atoms with Gasteiger partial charge in [-0.15, -0.1) is 24.8 Å². The summed E-state index contributed by atoms with van der Waals surface area (Å²) in [5.74, 6) is 0. The smallest absolute Gasteiger partial charge is 0.0636 e. The van der Waals surface area contributed by atoms with Gasteiger partial charge in [0.1, 0.15) is 0 Å². The molecule has 0 amide bonds. The van der Waals surface area contributed by atoms with Crippen molar-refractivity contribution in [3.05, 3.63) is 30.3 Å². The fourth-order valence-corrected chi connectivity index (χ4v) is 0.624. The van der Waals surface area contributed by atoms with Crippen LogP contribution in [-0.4, -0.2) is 7.11 Å². The quantitative estimate of drug-likeness (QED) is 0.733. The van der Waals surface area contributed by atoms with Crippen LogP contribution < -0.4 is 5.48 Å². The molecule has 11 heavy (non-hydrogen) atoms. The van der Waals surface area contributed by atoms with Gasteiger partial charge in [-0.25, -0.2) is 0 Å². The standard InChI is InChI=1S/C7H9NO.2ClH/c1-9-8-7-5-3-2-4-6-7;;/h2-6,8H,1H3;2*1H. The molecule has 0 spiro atoms. The number of benzene rings is 1. The van der Waals surface area contributed by atoms with Crippen molar-refractivity contribution in [3.8, 4) is 0 Å². The van der Waals surface area contributed by atoms with E-state index in [1.54, 1.807) is 7.11 Å². The molecule has 0 aromatic heterocycles. The number of halogens is 2. The number of hydrogen-bond donors (Lipinski definition) is 1. The van der Waals surface area contributed by atoms with Crippen LogP contribution in [0.4, 0.5) is 5.69 Å². The highest BCUT2D eigenvalue weighted by Gasteiger charge is 1.82. The third-order valence-electron chi connectivity index (χ3n) is 0.994. The van der Waals surface area contributed by atoms with Crippen LogP contribution in [0, 0.1) is 0 Å². The van der Waals surface area contributed by atoms with Gasteiger partial charge in [-0.3, -0.25) is 10.3 Å². The van der Waals surface area contributed by atoms with Crippen molar-refractivity contribution in [2.24, 2.45) is 0 Å². The monoisotopic (exact) mass is 195 g/mol. The molecule has 0 heterocycles. The third-order valence-corrected chi connectivity index (χ3v) is 0.994. The zero-order valence-electron chi connectivity index (χ0n) is 6.11. The maximum absolute atomic E-state index is 4.68. The van der Waals surface area contributed by atoms with Crippen LogP contribution in [0.15, 0.2) is 30.3 Å². The van der Waals surface area contributed by atoms with E-state index >= 15 is 0 Å². The molecule has 0 bridgehead atoms. The fraction of sp³-hybridized carbons (Fsp3) is 0.143. The van der Waals surface area contributed by atoms with Gasteiger partial charge in [-0.2, -0.15) is 0 Å². The summed E-state index contributed by atoms with van der Waals surface area (Å²) in [7, 11) is 1.59. The summed E-state index contributed by atoms with van der Waals surface area (Å²) >= 11 is 0. The van der Waals surface area contributed by atoms with Gasteiger partial charge in [0.05, 0.1) is 12.8 Å². The summed E-state index contributed by atoms with van der Waals surface area (Å²) in [5.41, 5.74) is 3.68. The average Bonchev–Trinajstić information content (AvgIpc) is 1.91. The first kappa shape index (κ1) is 13.2. The van der Waals surface area contributed by atoms with Crippen molar-refractivity contribution >= 4 is 30.5 Å². The van der Waals surface area contributed by atoms with Gasteiger partial charge >= 0.3 is 0 Å². The Bertz CT molecular complexity index is 169. The molecule has 0 fully saturated rings. The highest BCUT2D eigenvalue weighted by molar-refractivity contribution is 5.85. The molecule has 0 aliphatic rings. The van der Waals surface area contributed by atoms with Crippen molar-refractivity contribution < 1.29 is 4.84 Å². The molecule has 0 aliphatic carbocycles. The van der Waals surface area contributed by atoms with E-state index in [2.05, 4.69) is 10.3 Å². The molecule has 0 saturated carbocycles. The molecule has 1 aromatic carbocycles. The molecule has 0 atom stereocenters. The van der Waals surface area contributed by atoms with Gasteiger partial charge in [0, 0.05) is 0 Å². The topological polar surface area (TPSA) is 21.3 Å². The molecular weight excluding hydrogens is 185 g/mol. The first-order valence-electron chi connectivity index (χ1n) is 2.77. The van der Waals surface area contributed by atoms with E-state index < -0.39 is 0 Å². The molecule has 1 aromatic rings. The number of hydrogen-bond acceptors (Lipinski definition) is 2. The van der Waals surface area contributed by atoms with Gasteiger partial charge < -0.3 is 0 Å². The van der Waals surface area contributed by atoms with Crippen molar-refractivity contribution in [1.82, 2.24) is 0 Å². The maximum Gasteiger partial charge on any atom is 0.0636 e. The summed E-state index contributed by atoms with van der Waals surface area (Å²) < 4.78 is 0. The predicted molar refractivity (Wildman–Crippen MR) is 51.6 cm³/mol. The van der Waals surface area contributed by atoms with Gasteiger partial charge in [0.15, 0.2) is 0 Å². The van der Waals surface area contributed by atoms with Crippen LogP contribution in [0.2, 0.25) is 0 Å². The summed E-state index contributed by atoms with van der Waals surface area (Å²) in [6.45, 7) is 0. The van der Waals surface area contributed by atoms with E-state index in [4.69, 9.17) is 0 Å². The fourth-order valence-electron chi connectivity index (χ4n) is 0.624. The first-order chi connectivity index (χ1) is 4.43. The molecule has 64 valence electrons. The molecule has 2 nitrogen and oxygen atoms in total. The lowest BCUT2D eigenvalue weighted by atomic mass is 10.3. The molecule has 0 unspecified atom stereocenters. The molecule has 0 radical (unpaired) electrons. The van der Waals surface area contributed by atoms with E-state index in [1.165, 1.54) is 0 Å². The Morgan fingerprint density at radius 1 is 1.09 bits per heavy atom. The largest absolute Gasteiger partial charge is 0.279 e. The Labute approximate surface area is 78.7 Å². The van der Waals surface area contributed by atoms with E-state index in [0.29, 0.717) is 0 Å². The zero-order valence-corrected chi connectivity index (χ0v) is 7.74. The molecule has 1 rings (SSSR count). The normalized spacial score (nSPS) is 7.36. The summed E-state index contributed by atoms with van der Waals surface area (Å²) in [6, 6.07) is 9.72. The predicted octanol–water partition coefficient (Wildman–Crippen LogP) is 2.50. The molecule has 1 N–H and O–H groups in total. The lowest BCUT2D eigenvalue weighted by Gasteiger charge is -1.99. The van der Waals surface area contributed by atoms with Gasteiger partial charge in [-0.05, 0) is 12.1 Å². The summed E-state index contributed by atoms with van der Waals surface area (Å²) in [5, 5.41) is 0. The van der Waals surface area contributed by atoms with E-state index in [9.17, 15) is 0 Å². The van der Waals surface area contributed by atoms with Crippen LogP contribution in [0.1, 0.15) is 0 Å². The van der Waals surface area contributed by atoms with E-state index in [1.807, 2.05) is 30.3 Å². The molecule has 0 aliphatic heterocycles. The lowest BCUT2D eigenvalue weighted by Crippen LogP contribution is -1.93. The van der Waals surface area contributed by atoms with E-state index in [0.717, 1.165) is 5.69 Å². The minimum atomic E-state index is 0. The number of anilines is 1. The van der Waals surface area contributed by atoms with Crippen LogP contribution in [0.25, 0.3) is 0 Å². The summed E-state index contributed by atoms with van der Waals surface area (Å²) in [6.07, 6.45) is 0. The zero-order chi connectivity index (χ0) is 6.53. The first-order valence-corrected chi connectivity index (χ1v) is 2.77. The second-order valence-corrected chi connectivity index (χ2v) is 1.67. The van der Waals surface area contributed by atoms with Crippen molar-refractivity contribution in [1.29, 1.82) is 0 Å². The maximum atomic E-state index is 4.68. The van der Waals surface area contributed by atoms with Gasteiger partial charge in [0.25, 0.3) is 0 Å². The van der Waals surface area contributed by atoms with Crippen LogP contribution >= 0.6 is 24.8 Å². The highest BCUT2D eigenvalue weighted by Crippen LogP contribution is 2.03. The Balaban J connectivity index is 0. The Morgan fingerprint density at radius 2 is 1.64 bits per heavy atom. The van der Waals surface area contributed by atoms with Gasteiger partial charge in [0.2, 0.25) is 0 Å². The second-order valence-electron chi connectivity index (χ2n) is 1.67. The Morgan fingerprint density at radius 3 is 2.09 bits per heavy atom. The minimum absolute atomic E-state index is 0. The van der Waals surface area contributed by atoms with Crippen molar-refractivity contribution in [2.45, 2.75) is 0 Å². The minimum Gasteiger partial charge on any atom is -0.279 e. The summed E-state index contributed by atoms with van der Waals surface area (Å²) in [4.78, 5) is 4.68. The van der Waals surface area contributed by atoms with E-state index in [-0.39, 0.29) is 24.8 Å². The van der Waals surface area contributed by atoms with Crippen molar-refractivity contribution in [3.63, 3.8) is 0 Å². The van der Waals surface area contributed by atoms with Crippen LogP contribution in [-0.2, 0) is 4.84 Å². The van der Waals surface area contributed by atoms with Crippen LogP contribution in [0.3, 0.4) is 0 Å². The average molecular weight is 196 g/mol. The van der Waals surface area contributed by atoms with Gasteiger partial charge in [-0.1, -0.05) is 18.2 Å². The Hall–Kier alpha value is -0.440. The SMILES string of the molecule is CONc1ccccc1.Cl.Cl. The number of rotatable bonds is 2. The van der Waals surface area contributed by atoms with Crippen LogP contribution in [0.5, 0.6) is 0 Å². The number of para-hydroxylation sites is 1. The van der Waals surface area contributed by atoms with Crippen molar-refractivity contribution in [2.75, 3.05) is 12.6 Å². The molecule has 0 saturated heterocycles. The Kier molecular flexibility index (Phi) is 9.18.